The highest BCUT2D eigenvalue weighted by atomic mass is 16.5. The number of terminal acetylenes is 1. The van der Waals surface area contributed by atoms with Crippen molar-refractivity contribution >= 4 is 17.6 Å². The number of nitrogens with one attached hydrogen (secondary N) is 3. The van der Waals surface area contributed by atoms with Gasteiger partial charge in [-0.05, 0) is 44.9 Å². The molecule has 0 aliphatic carbocycles. The van der Waals surface area contributed by atoms with Gasteiger partial charge in [0.1, 0.15) is 6.54 Å². The summed E-state index contributed by atoms with van der Waals surface area (Å²) >= 11 is 0. The number of anilines is 1. The SMILES string of the molecule is C#Cc1cccc(NC(=O)CN=C(NCC)NCC2(C)CCCO2)c1. The maximum Gasteiger partial charge on any atom is 0.246 e. The van der Waals surface area contributed by atoms with E-state index in [2.05, 4.69) is 33.8 Å². The smallest absolute Gasteiger partial charge is 0.246 e. The third-order valence-corrected chi connectivity index (χ3v) is 3.97. The summed E-state index contributed by atoms with van der Waals surface area (Å²) in [7, 11) is 0. The fraction of sp³-hybridized carbons (Fsp3) is 0.474. The first kappa shape index (κ1) is 18.8. The van der Waals surface area contributed by atoms with Crippen LogP contribution in [0.2, 0.25) is 0 Å². The fourth-order valence-electron chi connectivity index (χ4n) is 2.63. The minimum atomic E-state index is -0.199. The quantitative estimate of drug-likeness (QED) is 0.418. The Balaban J connectivity index is 1.88. The first-order valence-electron chi connectivity index (χ1n) is 8.57. The van der Waals surface area contributed by atoms with Gasteiger partial charge >= 0.3 is 0 Å². The Morgan fingerprint density at radius 2 is 2.28 bits per heavy atom. The standard InChI is InChI=1S/C19H26N4O2/c1-4-15-8-6-9-16(12-15)23-17(24)13-21-18(20-5-2)22-14-19(3)10-7-11-25-19/h1,6,8-9,12H,5,7,10-11,13-14H2,2-3H3,(H,23,24)(H2,20,21,22). The molecule has 3 N–H and O–H groups in total. The predicted molar refractivity (Wildman–Crippen MR) is 101 cm³/mol. The summed E-state index contributed by atoms with van der Waals surface area (Å²) in [6, 6.07) is 7.17. The summed E-state index contributed by atoms with van der Waals surface area (Å²) < 4.78 is 5.75. The second kappa shape index (κ2) is 9.09. The van der Waals surface area contributed by atoms with E-state index < -0.39 is 0 Å². The van der Waals surface area contributed by atoms with Crippen LogP contribution >= 0.6 is 0 Å². The van der Waals surface area contributed by atoms with Crippen LogP contribution in [0.3, 0.4) is 0 Å². The number of rotatable bonds is 6. The molecule has 1 aliphatic heterocycles. The Hall–Kier alpha value is -2.52. The molecule has 1 aliphatic rings. The van der Waals surface area contributed by atoms with Gasteiger partial charge in [0.15, 0.2) is 5.96 Å². The van der Waals surface area contributed by atoms with Crippen LogP contribution < -0.4 is 16.0 Å². The van der Waals surface area contributed by atoms with Crippen LogP contribution in [0.4, 0.5) is 5.69 Å². The lowest BCUT2D eigenvalue weighted by Crippen LogP contribution is -2.45. The van der Waals surface area contributed by atoms with Crippen LogP contribution in [0.15, 0.2) is 29.3 Å². The van der Waals surface area contributed by atoms with Gasteiger partial charge in [0, 0.05) is 30.9 Å². The van der Waals surface area contributed by atoms with Crippen molar-refractivity contribution < 1.29 is 9.53 Å². The molecule has 6 heteroatoms. The van der Waals surface area contributed by atoms with Crippen molar-refractivity contribution in [2.24, 2.45) is 4.99 Å². The van der Waals surface area contributed by atoms with E-state index in [1.54, 1.807) is 12.1 Å². The second-order valence-electron chi connectivity index (χ2n) is 6.22. The van der Waals surface area contributed by atoms with E-state index in [1.165, 1.54) is 0 Å². The first-order chi connectivity index (χ1) is 12.0. The van der Waals surface area contributed by atoms with Gasteiger partial charge in [-0.15, -0.1) is 6.42 Å². The summed E-state index contributed by atoms with van der Waals surface area (Å²) in [5, 5.41) is 9.18. The third kappa shape index (κ3) is 6.12. The molecule has 1 fully saturated rings. The molecule has 1 atom stereocenters. The lowest BCUT2D eigenvalue weighted by Gasteiger charge is -2.24. The molecule has 1 saturated heterocycles. The van der Waals surface area contributed by atoms with E-state index in [9.17, 15) is 4.79 Å². The van der Waals surface area contributed by atoms with E-state index >= 15 is 0 Å². The number of amides is 1. The van der Waals surface area contributed by atoms with Gasteiger partial charge in [-0.2, -0.15) is 0 Å². The molecule has 1 aromatic rings. The van der Waals surface area contributed by atoms with Gasteiger partial charge < -0.3 is 20.7 Å². The molecule has 6 nitrogen and oxygen atoms in total. The topological polar surface area (TPSA) is 74.8 Å². The van der Waals surface area contributed by atoms with Crippen LogP contribution in [-0.2, 0) is 9.53 Å². The molecule has 1 unspecified atom stereocenters. The minimum Gasteiger partial charge on any atom is -0.373 e. The number of nitrogens with zero attached hydrogens (tertiary/aromatic N) is 1. The molecule has 1 heterocycles. The van der Waals surface area contributed by atoms with Gasteiger partial charge in [0.25, 0.3) is 0 Å². The highest BCUT2D eigenvalue weighted by Crippen LogP contribution is 2.23. The van der Waals surface area contributed by atoms with Crippen molar-refractivity contribution in [2.45, 2.75) is 32.3 Å². The molecule has 25 heavy (non-hydrogen) atoms. The summed E-state index contributed by atoms with van der Waals surface area (Å²) in [4.78, 5) is 16.4. The van der Waals surface area contributed by atoms with Gasteiger partial charge in [-0.1, -0.05) is 12.0 Å². The Morgan fingerprint density at radius 1 is 1.44 bits per heavy atom. The zero-order valence-electron chi connectivity index (χ0n) is 14.9. The van der Waals surface area contributed by atoms with Crippen LogP contribution in [-0.4, -0.2) is 43.7 Å². The minimum absolute atomic E-state index is 0.0210. The van der Waals surface area contributed by atoms with Crippen LogP contribution in [0, 0.1) is 12.3 Å². The van der Waals surface area contributed by atoms with Crippen molar-refractivity contribution in [2.75, 3.05) is 31.6 Å². The molecule has 0 spiro atoms. The number of hydrogen-bond donors (Lipinski definition) is 3. The Kier molecular flexibility index (Phi) is 6.84. The van der Waals surface area contributed by atoms with E-state index in [4.69, 9.17) is 11.2 Å². The number of ether oxygens (including phenoxy) is 1. The number of benzene rings is 1. The van der Waals surface area contributed by atoms with Crippen molar-refractivity contribution in [1.29, 1.82) is 0 Å². The highest BCUT2D eigenvalue weighted by molar-refractivity contribution is 5.94. The predicted octanol–water partition coefficient (Wildman–Crippen LogP) is 1.73. The molecule has 1 amide bonds. The largest absolute Gasteiger partial charge is 0.373 e. The van der Waals surface area contributed by atoms with Gasteiger partial charge in [0.05, 0.1) is 5.60 Å². The van der Waals surface area contributed by atoms with Gasteiger partial charge in [0.2, 0.25) is 5.91 Å². The lowest BCUT2D eigenvalue weighted by atomic mass is 10.0. The Morgan fingerprint density at radius 3 is 2.96 bits per heavy atom. The molecule has 1 aromatic carbocycles. The van der Waals surface area contributed by atoms with Crippen LogP contribution in [0.1, 0.15) is 32.3 Å². The molecule has 0 bridgehead atoms. The molecule has 2 rings (SSSR count). The third-order valence-electron chi connectivity index (χ3n) is 3.97. The molecule has 0 aromatic heterocycles. The molecule has 0 radical (unpaired) electrons. The van der Waals surface area contributed by atoms with Crippen LogP contribution in [0.5, 0.6) is 0 Å². The zero-order valence-corrected chi connectivity index (χ0v) is 14.9. The first-order valence-corrected chi connectivity index (χ1v) is 8.57. The van der Waals surface area contributed by atoms with Crippen LogP contribution in [0.25, 0.3) is 0 Å². The van der Waals surface area contributed by atoms with Crippen molar-refractivity contribution in [1.82, 2.24) is 10.6 Å². The fourth-order valence-corrected chi connectivity index (χ4v) is 2.63. The number of hydrogen-bond acceptors (Lipinski definition) is 3. The van der Waals surface area contributed by atoms with E-state index in [-0.39, 0.29) is 18.1 Å². The van der Waals surface area contributed by atoms with Gasteiger partial charge in [-0.25, -0.2) is 4.99 Å². The number of guanidine groups is 1. The highest BCUT2D eigenvalue weighted by Gasteiger charge is 2.29. The van der Waals surface area contributed by atoms with Gasteiger partial charge in [-0.3, -0.25) is 4.79 Å². The maximum absolute atomic E-state index is 12.1. The summed E-state index contributed by atoms with van der Waals surface area (Å²) in [5.74, 6) is 2.95. The molecule has 134 valence electrons. The number of carbonyl (C=O) groups excluding carboxylic acids is 1. The van der Waals surface area contributed by atoms with Crippen molar-refractivity contribution in [3.8, 4) is 12.3 Å². The number of carbonyl (C=O) groups is 1. The summed E-state index contributed by atoms with van der Waals surface area (Å²) in [6.45, 7) is 6.26. The lowest BCUT2D eigenvalue weighted by molar-refractivity contribution is -0.114. The average Bonchev–Trinajstić information content (AvgIpc) is 3.04. The van der Waals surface area contributed by atoms with E-state index in [1.807, 2.05) is 19.1 Å². The van der Waals surface area contributed by atoms with Crippen molar-refractivity contribution in [3.63, 3.8) is 0 Å². The summed E-state index contributed by atoms with van der Waals surface area (Å²) in [6.07, 6.45) is 7.46. The monoisotopic (exact) mass is 342 g/mol. The average molecular weight is 342 g/mol. The molecular formula is C19H26N4O2. The maximum atomic E-state index is 12.1. The Labute approximate surface area is 149 Å². The Bertz CT molecular complexity index is 658. The van der Waals surface area contributed by atoms with Crippen molar-refractivity contribution in [3.05, 3.63) is 29.8 Å². The van der Waals surface area contributed by atoms with E-state index in [0.717, 1.165) is 31.6 Å². The zero-order chi connectivity index (χ0) is 18.1. The number of aliphatic imine (C=N–C) groups is 1. The second-order valence-corrected chi connectivity index (χ2v) is 6.22. The van der Waals surface area contributed by atoms with E-state index in [0.29, 0.717) is 18.2 Å². The molecular weight excluding hydrogens is 316 g/mol. The molecule has 0 saturated carbocycles. The normalized spacial score (nSPS) is 20.0. The summed E-state index contributed by atoms with van der Waals surface area (Å²) in [5.41, 5.74) is 1.22.